The van der Waals surface area contributed by atoms with Gasteiger partial charge in [-0.25, -0.2) is 0 Å². The van der Waals surface area contributed by atoms with Crippen molar-refractivity contribution in [2.45, 2.75) is 25.3 Å². The molecule has 0 spiro atoms. The minimum atomic E-state index is 0.287. The second-order valence-corrected chi connectivity index (χ2v) is 7.20. The van der Waals surface area contributed by atoms with Crippen LogP contribution in [-0.2, 0) is 0 Å². The number of nitrogens with one attached hydrogen (secondary N) is 1. The molecule has 3 aromatic carbocycles. The van der Waals surface area contributed by atoms with Crippen molar-refractivity contribution in [1.82, 2.24) is 0 Å². The molecule has 1 N–H and O–H groups in total. The van der Waals surface area contributed by atoms with Gasteiger partial charge >= 0.3 is 0 Å². The van der Waals surface area contributed by atoms with Crippen LogP contribution in [0.5, 0.6) is 5.75 Å². The van der Waals surface area contributed by atoms with Crippen LogP contribution in [0.1, 0.15) is 36.4 Å². The van der Waals surface area contributed by atoms with E-state index < -0.39 is 0 Å². The van der Waals surface area contributed by atoms with Crippen molar-refractivity contribution < 1.29 is 4.74 Å². The molecule has 1 aliphatic carbocycles. The third-order valence-electron chi connectivity index (χ3n) is 5.82. The Bertz CT molecular complexity index is 985. The fourth-order valence-electron chi connectivity index (χ4n) is 4.70. The van der Waals surface area contributed by atoms with Gasteiger partial charge in [-0.2, -0.15) is 0 Å². The van der Waals surface area contributed by atoms with Gasteiger partial charge in [0.15, 0.2) is 0 Å². The lowest BCUT2D eigenvalue weighted by Crippen LogP contribution is -2.29. The zero-order chi connectivity index (χ0) is 17.5. The summed E-state index contributed by atoms with van der Waals surface area (Å²) in [6, 6.07) is 22.1. The molecule has 1 heterocycles. The Kier molecular flexibility index (Phi) is 3.70. The van der Waals surface area contributed by atoms with Gasteiger partial charge in [-0.3, -0.25) is 0 Å². The predicted octanol–water partition coefficient (Wildman–Crippen LogP) is 6.07. The molecule has 130 valence electrons. The Morgan fingerprint density at radius 3 is 2.69 bits per heavy atom. The molecule has 3 unspecified atom stereocenters. The molecule has 0 radical (unpaired) electrons. The Balaban J connectivity index is 1.67. The van der Waals surface area contributed by atoms with Gasteiger partial charge in [0, 0.05) is 5.92 Å². The van der Waals surface area contributed by atoms with Crippen LogP contribution >= 0.6 is 0 Å². The molecule has 2 nitrogen and oxygen atoms in total. The van der Waals surface area contributed by atoms with E-state index >= 15 is 0 Å². The molecule has 0 saturated carbocycles. The number of fused-ring (bicyclic) bond motifs is 4. The monoisotopic (exact) mass is 341 g/mol. The van der Waals surface area contributed by atoms with E-state index in [1.807, 2.05) is 6.92 Å². The minimum Gasteiger partial charge on any atom is -0.492 e. The maximum atomic E-state index is 5.94. The Morgan fingerprint density at radius 2 is 1.77 bits per heavy atom. The molecule has 0 fully saturated rings. The predicted molar refractivity (Wildman–Crippen MR) is 108 cm³/mol. The lowest BCUT2D eigenvalue weighted by molar-refractivity contribution is 0.337. The quantitative estimate of drug-likeness (QED) is 0.584. The minimum absolute atomic E-state index is 0.287. The number of benzene rings is 3. The van der Waals surface area contributed by atoms with Gasteiger partial charge in [-0.1, -0.05) is 66.7 Å². The Hall–Kier alpha value is -2.74. The number of ether oxygens (including phenoxy) is 1. The molecule has 2 heteroatoms. The third kappa shape index (κ3) is 2.33. The largest absolute Gasteiger partial charge is 0.492 e. The highest BCUT2D eigenvalue weighted by atomic mass is 16.5. The van der Waals surface area contributed by atoms with Gasteiger partial charge in [0.2, 0.25) is 0 Å². The first-order valence-electron chi connectivity index (χ1n) is 9.53. The van der Waals surface area contributed by atoms with E-state index in [-0.39, 0.29) is 6.04 Å². The van der Waals surface area contributed by atoms with Gasteiger partial charge in [0.05, 0.1) is 18.3 Å². The molecule has 2 aliphatic rings. The second kappa shape index (κ2) is 6.21. The SMILES string of the molecule is CCOc1cccc2c1NC(c1cccc3ccccc13)C1CC=CC21. The molecule has 0 saturated heterocycles. The molecule has 3 aromatic rings. The zero-order valence-corrected chi connectivity index (χ0v) is 15.0. The van der Waals surface area contributed by atoms with Crippen molar-refractivity contribution in [1.29, 1.82) is 0 Å². The summed E-state index contributed by atoms with van der Waals surface area (Å²) in [4.78, 5) is 0. The molecule has 26 heavy (non-hydrogen) atoms. The topological polar surface area (TPSA) is 21.3 Å². The highest BCUT2D eigenvalue weighted by Gasteiger charge is 2.39. The molecular formula is C24H23NO. The third-order valence-corrected chi connectivity index (χ3v) is 5.82. The first kappa shape index (κ1) is 15.5. The number of para-hydroxylation sites is 1. The van der Waals surface area contributed by atoms with E-state index in [0.29, 0.717) is 18.4 Å². The zero-order valence-electron chi connectivity index (χ0n) is 15.0. The molecule has 3 atom stereocenters. The number of anilines is 1. The van der Waals surface area contributed by atoms with Gasteiger partial charge in [-0.15, -0.1) is 0 Å². The lowest BCUT2D eigenvalue weighted by Gasteiger charge is -2.38. The molecule has 0 amide bonds. The Morgan fingerprint density at radius 1 is 0.962 bits per heavy atom. The van der Waals surface area contributed by atoms with Gasteiger partial charge in [-0.05, 0) is 47.2 Å². The molecule has 0 bridgehead atoms. The van der Waals surface area contributed by atoms with E-state index in [2.05, 4.69) is 78.1 Å². The summed E-state index contributed by atoms with van der Waals surface area (Å²) >= 11 is 0. The lowest BCUT2D eigenvalue weighted by atomic mass is 9.76. The van der Waals surface area contributed by atoms with Crippen molar-refractivity contribution in [3.8, 4) is 5.75 Å². The summed E-state index contributed by atoms with van der Waals surface area (Å²) in [5.74, 6) is 1.97. The average molecular weight is 341 g/mol. The summed E-state index contributed by atoms with van der Waals surface area (Å²) < 4.78 is 5.94. The van der Waals surface area contributed by atoms with Gasteiger partial charge in [0.1, 0.15) is 5.75 Å². The van der Waals surface area contributed by atoms with Crippen molar-refractivity contribution in [2.75, 3.05) is 11.9 Å². The van der Waals surface area contributed by atoms with E-state index in [1.54, 1.807) is 0 Å². The smallest absolute Gasteiger partial charge is 0.142 e. The highest BCUT2D eigenvalue weighted by molar-refractivity contribution is 5.87. The van der Waals surface area contributed by atoms with Crippen LogP contribution in [0.4, 0.5) is 5.69 Å². The van der Waals surface area contributed by atoms with Crippen molar-refractivity contribution in [2.24, 2.45) is 5.92 Å². The van der Waals surface area contributed by atoms with Crippen LogP contribution in [0.25, 0.3) is 10.8 Å². The van der Waals surface area contributed by atoms with Gasteiger partial charge in [0.25, 0.3) is 0 Å². The van der Waals surface area contributed by atoms with Crippen LogP contribution in [-0.4, -0.2) is 6.61 Å². The van der Waals surface area contributed by atoms with Crippen LogP contribution in [0, 0.1) is 5.92 Å². The molecule has 1 aliphatic heterocycles. The maximum Gasteiger partial charge on any atom is 0.142 e. The summed E-state index contributed by atoms with van der Waals surface area (Å²) in [5.41, 5.74) is 3.92. The number of allylic oxidation sites excluding steroid dienone is 2. The Labute approximate surface area is 154 Å². The fraction of sp³-hybridized carbons (Fsp3) is 0.250. The standard InChI is InChI=1S/C24H23NO/c1-2-26-22-15-7-14-21-18-11-6-13-20(18)23(25-24(21)22)19-12-5-9-16-8-3-4-10-17(16)19/h3-12,14-15,18,20,23,25H,2,13H2,1H3. The number of hydrogen-bond donors (Lipinski definition) is 1. The van der Waals surface area contributed by atoms with E-state index in [1.165, 1.54) is 27.6 Å². The fourth-order valence-corrected chi connectivity index (χ4v) is 4.70. The van der Waals surface area contributed by atoms with Crippen molar-refractivity contribution >= 4 is 16.5 Å². The number of rotatable bonds is 3. The second-order valence-electron chi connectivity index (χ2n) is 7.20. The molecule has 5 rings (SSSR count). The highest BCUT2D eigenvalue weighted by Crippen LogP contribution is 2.52. The summed E-state index contributed by atoms with van der Waals surface area (Å²) in [5, 5.41) is 6.51. The average Bonchev–Trinajstić information content (AvgIpc) is 3.18. The van der Waals surface area contributed by atoms with Crippen molar-refractivity contribution in [3.05, 3.63) is 83.9 Å². The molecular weight excluding hydrogens is 318 g/mol. The van der Waals surface area contributed by atoms with E-state index in [9.17, 15) is 0 Å². The first-order valence-corrected chi connectivity index (χ1v) is 9.53. The summed E-state index contributed by atoms with van der Waals surface area (Å²) in [6.07, 6.45) is 5.85. The van der Waals surface area contributed by atoms with Crippen LogP contribution < -0.4 is 10.1 Å². The van der Waals surface area contributed by atoms with Crippen LogP contribution in [0.3, 0.4) is 0 Å². The summed E-state index contributed by atoms with van der Waals surface area (Å²) in [6.45, 7) is 2.73. The van der Waals surface area contributed by atoms with Crippen molar-refractivity contribution in [3.63, 3.8) is 0 Å². The maximum absolute atomic E-state index is 5.94. The number of hydrogen-bond acceptors (Lipinski definition) is 2. The van der Waals surface area contributed by atoms with Gasteiger partial charge < -0.3 is 10.1 Å². The van der Waals surface area contributed by atoms with E-state index in [0.717, 1.165) is 12.2 Å². The molecule has 0 aromatic heterocycles. The first-order chi connectivity index (χ1) is 12.9. The summed E-state index contributed by atoms with van der Waals surface area (Å²) in [7, 11) is 0. The van der Waals surface area contributed by atoms with E-state index in [4.69, 9.17) is 4.74 Å². The van der Waals surface area contributed by atoms with Crippen LogP contribution in [0.2, 0.25) is 0 Å². The normalized spacial score (nSPS) is 23.3. The van der Waals surface area contributed by atoms with Crippen LogP contribution in [0.15, 0.2) is 72.8 Å².